The van der Waals surface area contributed by atoms with Gasteiger partial charge in [0.05, 0.1) is 4.90 Å². The molecule has 0 aliphatic carbocycles. The molecule has 1 aromatic rings. The number of hydrogen-bond donors (Lipinski definition) is 2. The van der Waals surface area contributed by atoms with E-state index in [-0.39, 0.29) is 24.0 Å². The van der Waals surface area contributed by atoms with Gasteiger partial charge in [-0.25, -0.2) is 8.42 Å². The van der Waals surface area contributed by atoms with Gasteiger partial charge < -0.3 is 10.4 Å². The highest BCUT2D eigenvalue weighted by atomic mass is 32.2. The van der Waals surface area contributed by atoms with E-state index in [1.54, 1.807) is 19.1 Å². The van der Waals surface area contributed by atoms with E-state index in [0.29, 0.717) is 12.1 Å². The second-order valence-corrected chi connectivity index (χ2v) is 6.46. The topological polar surface area (TPSA) is 86.7 Å². The van der Waals surface area contributed by atoms with Crippen LogP contribution in [0.1, 0.15) is 12.5 Å². The summed E-state index contributed by atoms with van der Waals surface area (Å²) >= 11 is 0. The third kappa shape index (κ3) is 3.24. The second-order valence-electron chi connectivity index (χ2n) is 4.57. The molecule has 7 heteroatoms. The lowest BCUT2D eigenvalue weighted by molar-refractivity contribution is -0.126. The van der Waals surface area contributed by atoms with Crippen LogP contribution in [-0.4, -0.2) is 49.5 Å². The highest BCUT2D eigenvalue weighted by Gasteiger charge is 2.35. The molecule has 1 aliphatic rings. The molecule has 2 N–H and O–H groups in total. The van der Waals surface area contributed by atoms with Gasteiger partial charge in [-0.15, -0.1) is 0 Å². The van der Waals surface area contributed by atoms with E-state index in [2.05, 4.69) is 17.2 Å². The number of piperazine rings is 1. The van der Waals surface area contributed by atoms with Gasteiger partial charge >= 0.3 is 0 Å². The summed E-state index contributed by atoms with van der Waals surface area (Å²) in [5, 5.41) is 11.3. The Morgan fingerprint density at radius 2 is 2.24 bits per heavy atom. The zero-order valence-electron chi connectivity index (χ0n) is 11.5. The first kappa shape index (κ1) is 15.5. The molecule has 0 bridgehead atoms. The summed E-state index contributed by atoms with van der Waals surface area (Å²) in [6, 6.07) is 5.42. The molecule has 0 spiro atoms. The van der Waals surface area contributed by atoms with Gasteiger partial charge in [-0.3, -0.25) is 4.79 Å². The standard InChI is InChI=1S/C14H16N2O4S/c1-11-14(18)15-7-8-16(11)21(19,20)13-6-2-4-12(10-13)5-3-9-17/h2,4,6,10-11,17H,7-9H2,1H3,(H,15,18). The maximum Gasteiger partial charge on any atom is 0.243 e. The third-order valence-electron chi connectivity index (χ3n) is 3.20. The van der Waals surface area contributed by atoms with Crippen LogP contribution >= 0.6 is 0 Å². The Balaban J connectivity index is 2.37. The predicted molar refractivity (Wildman–Crippen MR) is 76.8 cm³/mol. The van der Waals surface area contributed by atoms with Crippen molar-refractivity contribution in [3.63, 3.8) is 0 Å². The molecule has 0 aromatic heterocycles. The maximum atomic E-state index is 12.6. The largest absolute Gasteiger partial charge is 0.384 e. The molecular formula is C14H16N2O4S. The van der Waals surface area contributed by atoms with Crippen molar-refractivity contribution in [3.05, 3.63) is 29.8 Å². The quantitative estimate of drug-likeness (QED) is 0.724. The summed E-state index contributed by atoms with van der Waals surface area (Å²) in [6.45, 7) is 1.80. The van der Waals surface area contributed by atoms with Crippen LogP contribution in [0.25, 0.3) is 0 Å². The van der Waals surface area contributed by atoms with E-state index in [1.165, 1.54) is 16.4 Å². The van der Waals surface area contributed by atoms with Gasteiger partial charge in [0, 0.05) is 18.7 Å². The van der Waals surface area contributed by atoms with Crippen LogP contribution in [-0.2, 0) is 14.8 Å². The van der Waals surface area contributed by atoms with Crippen molar-refractivity contribution in [2.45, 2.75) is 17.9 Å². The number of nitrogens with one attached hydrogen (secondary N) is 1. The number of carbonyl (C=O) groups excluding carboxylic acids is 1. The smallest absolute Gasteiger partial charge is 0.243 e. The summed E-state index contributed by atoms with van der Waals surface area (Å²) in [5.74, 6) is 4.83. The first-order valence-electron chi connectivity index (χ1n) is 6.46. The number of benzene rings is 1. The monoisotopic (exact) mass is 308 g/mol. The number of rotatable bonds is 2. The molecule has 1 fully saturated rings. The molecule has 2 rings (SSSR count). The number of aliphatic hydroxyl groups is 1. The summed E-state index contributed by atoms with van der Waals surface area (Å²) in [4.78, 5) is 11.7. The molecule has 1 amide bonds. The van der Waals surface area contributed by atoms with Gasteiger partial charge in [0.2, 0.25) is 15.9 Å². The Kier molecular flexibility index (Phi) is 4.63. The highest BCUT2D eigenvalue weighted by molar-refractivity contribution is 7.89. The van der Waals surface area contributed by atoms with Crippen molar-refractivity contribution in [1.82, 2.24) is 9.62 Å². The van der Waals surface area contributed by atoms with Crippen molar-refractivity contribution in [2.75, 3.05) is 19.7 Å². The number of nitrogens with zero attached hydrogens (tertiary/aromatic N) is 1. The molecule has 21 heavy (non-hydrogen) atoms. The molecule has 1 saturated heterocycles. The summed E-state index contributed by atoms with van der Waals surface area (Å²) in [6.07, 6.45) is 0. The average Bonchev–Trinajstić information content (AvgIpc) is 2.48. The van der Waals surface area contributed by atoms with Crippen LogP contribution in [0.4, 0.5) is 0 Å². The van der Waals surface area contributed by atoms with E-state index in [9.17, 15) is 13.2 Å². The van der Waals surface area contributed by atoms with Crippen LogP contribution < -0.4 is 5.32 Å². The van der Waals surface area contributed by atoms with Gasteiger partial charge in [0.1, 0.15) is 12.6 Å². The molecule has 1 unspecified atom stereocenters. The fourth-order valence-electron chi connectivity index (χ4n) is 2.10. The molecule has 1 aromatic carbocycles. The minimum absolute atomic E-state index is 0.0915. The van der Waals surface area contributed by atoms with Crippen LogP contribution in [0.2, 0.25) is 0 Å². The number of amides is 1. The molecule has 0 radical (unpaired) electrons. The van der Waals surface area contributed by atoms with Gasteiger partial charge in [0.15, 0.2) is 0 Å². The third-order valence-corrected chi connectivity index (χ3v) is 5.16. The van der Waals surface area contributed by atoms with E-state index < -0.39 is 16.1 Å². The average molecular weight is 308 g/mol. The molecule has 1 aliphatic heterocycles. The first-order valence-corrected chi connectivity index (χ1v) is 7.90. The summed E-state index contributed by atoms with van der Waals surface area (Å²) < 4.78 is 26.4. The Labute approximate surface area is 123 Å². The summed E-state index contributed by atoms with van der Waals surface area (Å²) in [7, 11) is -3.75. The van der Waals surface area contributed by atoms with E-state index in [0.717, 1.165) is 0 Å². The lowest BCUT2D eigenvalue weighted by atomic mass is 10.2. The van der Waals surface area contributed by atoms with Crippen LogP contribution in [0, 0.1) is 11.8 Å². The zero-order valence-corrected chi connectivity index (χ0v) is 12.4. The molecule has 6 nitrogen and oxygen atoms in total. The SMILES string of the molecule is CC1C(=O)NCCN1S(=O)(=O)c1cccc(C#CCO)c1. The molecule has 112 valence electrons. The molecule has 0 saturated carbocycles. The van der Waals surface area contributed by atoms with Crippen molar-refractivity contribution in [1.29, 1.82) is 0 Å². The fraction of sp³-hybridized carbons (Fsp3) is 0.357. The molecular weight excluding hydrogens is 292 g/mol. The first-order chi connectivity index (χ1) is 9.96. The normalized spacial score (nSPS) is 19.5. The molecule has 1 heterocycles. The van der Waals surface area contributed by atoms with Crippen molar-refractivity contribution < 1.29 is 18.3 Å². The van der Waals surface area contributed by atoms with Gasteiger partial charge in [0.25, 0.3) is 0 Å². The van der Waals surface area contributed by atoms with Gasteiger partial charge in [-0.1, -0.05) is 17.9 Å². The minimum atomic E-state index is -3.75. The Morgan fingerprint density at radius 3 is 2.95 bits per heavy atom. The Bertz CT molecular complexity index is 703. The number of aliphatic hydroxyl groups excluding tert-OH is 1. The van der Waals surface area contributed by atoms with E-state index >= 15 is 0 Å². The number of hydrogen-bond acceptors (Lipinski definition) is 4. The van der Waals surface area contributed by atoms with Crippen molar-refractivity contribution in [2.24, 2.45) is 0 Å². The number of carbonyl (C=O) groups is 1. The zero-order chi connectivity index (χ0) is 15.5. The van der Waals surface area contributed by atoms with Crippen LogP contribution in [0.5, 0.6) is 0 Å². The minimum Gasteiger partial charge on any atom is -0.384 e. The summed E-state index contributed by atoms with van der Waals surface area (Å²) in [5.41, 5.74) is 0.499. The fourth-order valence-corrected chi connectivity index (χ4v) is 3.74. The maximum absolute atomic E-state index is 12.6. The van der Waals surface area contributed by atoms with Crippen LogP contribution in [0.3, 0.4) is 0 Å². The van der Waals surface area contributed by atoms with Gasteiger partial charge in [-0.05, 0) is 25.1 Å². The van der Waals surface area contributed by atoms with Crippen molar-refractivity contribution in [3.8, 4) is 11.8 Å². The Hall–Kier alpha value is -1.88. The lowest BCUT2D eigenvalue weighted by Gasteiger charge is -2.31. The molecule has 1 atom stereocenters. The lowest BCUT2D eigenvalue weighted by Crippen LogP contribution is -2.55. The van der Waals surface area contributed by atoms with Gasteiger partial charge in [-0.2, -0.15) is 4.31 Å². The Morgan fingerprint density at radius 1 is 1.48 bits per heavy atom. The highest BCUT2D eigenvalue weighted by Crippen LogP contribution is 2.20. The number of sulfonamides is 1. The predicted octanol–water partition coefficient (Wildman–Crippen LogP) is -0.461. The second kappa shape index (κ2) is 6.26. The van der Waals surface area contributed by atoms with E-state index in [4.69, 9.17) is 5.11 Å². The van der Waals surface area contributed by atoms with E-state index in [1.807, 2.05) is 0 Å². The van der Waals surface area contributed by atoms with Crippen LogP contribution in [0.15, 0.2) is 29.2 Å². The van der Waals surface area contributed by atoms with Crippen molar-refractivity contribution >= 4 is 15.9 Å².